The van der Waals surface area contributed by atoms with E-state index < -0.39 is 11.9 Å². The molecule has 2 aromatic heterocycles. The van der Waals surface area contributed by atoms with Crippen LogP contribution in [-0.2, 0) is 16.0 Å². The number of carbonyl (C=O) groups excluding carboxylic acids is 1. The molecule has 1 amide bonds. The van der Waals surface area contributed by atoms with Gasteiger partial charge in [-0.1, -0.05) is 11.2 Å². The molecule has 8 nitrogen and oxygen atoms in total. The van der Waals surface area contributed by atoms with Crippen molar-refractivity contribution in [2.45, 2.75) is 25.7 Å². The highest BCUT2D eigenvalue weighted by Gasteiger charge is 2.28. The molecule has 126 valence electrons. The summed E-state index contributed by atoms with van der Waals surface area (Å²) in [5, 5.41) is 12.9. The van der Waals surface area contributed by atoms with E-state index in [4.69, 9.17) is 9.63 Å². The maximum Gasteiger partial charge on any atom is 0.308 e. The second kappa shape index (κ2) is 7.20. The quantitative estimate of drug-likeness (QED) is 0.882. The maximum absolute atomic E-state index is 12.2. The lowest BCUT2D eigenvalue weighted by atomic mass is 9.98. The first kappa shape index (κ1) is 16.1. The monoisotopic (exact) mass is 330 g/mol. The number of aromatic nitrogens is 3. The molecule has 3 heterocycles. The van der Waals surface area contributed by atoms with Crippen LogP contribution >= 0.6 is 0 Å². The molecule has 24 heavy (non-hydrogen) atoms. The molecule has 1 unspecified atom stereocenters. The van der Waals surface area contributed by atoms with E-state index in [0.29, 0.717) is 43.2 Å². The number of pyridine rings is 1. The topological polar surface area (TPSA) is 109 Å². The SMILES string of the molecule is O=C(O)C1CCCN(C(=O)CCc2nc(-c3ccccn3)no2)C1. The number of aliphatic carboxylic acids is 1. The summed E-state index contributed by atoms with van der Waals surface area (Å²) in [6.45, 7) is 0.878. The molecule has 1 fully saturated rings. The molecule has 0 aliphatic carbocycles. The van der Waals surface area contributed by atoms with Gasteiger partial charge in [-0.2, -0.15) is 4.98 Å². The molecule has 8 heteroatoms. The van der Waals surface area contributed by atoms with Crippen LogP contribution in [0.1, 0.15) is 25.2 Å². The van der Waals surface area contributed by atoms with Gasteiger partial charge in [-0.05, 0) is 25.0 Å². The van der Waals surface area contributed by atoms with E-state index in [1.54, 1.807) is 23.2 Å². The van der Waals surface area contributed by atoms with Gasteiger partial charge >= 0.3 is 5.97 Å². The minimum absolute atomic E-state index is 0.0847. The third kappa shape index (κ3) is 3.76. The van der Waals surface area contributed by atoms with Crippen LogP contribution in [-0.4, -0.2) is 50.1 Å². The summed E-state index contributed by atoms with van der Waals surface area (Å²) in [5.74, 6) is -0.637. The van der Waals surface area contributed by atoms with Gasteiger partial charge in [0.25, 0.3) is 0 Å². The van der Waals surface area contributed by atoms with Gasteiger partial charge in [0.15, 0.2) is 0 Å². The molecule has 3 rings (SSSR count). The number of amides is 1. The summed E-state index contributed by atoms with van der Waals surface area (Å²) in [5.41, 5.74) is 0.610. The number of rotatable bonds is 5. The standard InChI is InChI=1S/C16H18N4O4/c21-14(20-9-3-4-11(10-20)16(22)23)7-6-13-18-15(19-24-13)12-5-1-2-8-17-12/h1-2,5,8,11H,3-4,6-7,9-10H2,(H,22,23). The Morgan fingerprint density at radius 3 is 3.00 bits per heavy atom. The highest BCUT2D eigenvalue weighted by atomic mass is 16.5. The number of carbonyl (C=O) groups is 2. The fourth-order valence-electron chi connectivity index (χ4n) is 2.73. The Kier molecular flexibility index (Phi) is 4.83. The fourth-order valence-corrected chi connectivity index (χ4v) is 2.73. The van der Waals surface area contributed by atoms with Crippen molar-refractivity contribution >= 4 is 11.9 Å². The molecule has 1 saturated heterocycles. The Labute approximate surface area is 138 Å². The Morgan fingerprint density at radius 2 is 2.25 bits per heavy atom. The average Bonchev–Trinajstić information content (AvgIpc) is 3.09. The fraction of sp³-hybridized carbons (Fsp3) is 0.438. The molecule has 1 atom stereocenters. The lowest BCUT2D eigenvalue weighted by molar-refractivity contribution is -0.145. The number of carboxylic acids is 1. The van der Waals surface area contributed by atoms with Crippen molar-refractivity contribution in [1.29, 1.82) is 0 Å². The number of carboxylic acid groups (broad SMARTS) is 1. The van der Waals surface area contributed by atoms with Crippen LogP contribution in [0.2, 0.25) is 0 Å². The molecule has 0 bridgehead atoms. The van der Waals surface area contributed by atoms with Gasteiger partial charge in [-0.25, -0.2) is 0 Å². The van der Waals surface area contributed by atoms with Crippen LogP contribution in [0.4, 0.5) is 0 Å². The summed E-state index contributed by atoms with van der Waals surface area (Å²) in [7, 11) is 0. The van der Waals surface area contributed by atoms with Crippen LogP contribution in [0.5, 0.6) is 0 Å². The molecule has 1 N–H and O–H groups in total. The van der Waals surface area contributed by atoms with Gasteiger partial charge < -0.3 is 14.5 Å². The molecule has 2 aromatic rings. The van der Waals surface area contributed by atoms with Crippen LogP contribution < -0.4 is 0 Å². The van der Waals surface area contributed by atoms with Crippen molar-refractivity contribution in [1.82, 2.24) is 20.0 Å². The van der Waals surface area contributed by atoms with Crippen molar-refractivity contribution < 1.29 is 19.2 Å². The van der Waals surface area contributed by atoms with E-state index in [0.717, 1.165) is 0 Å². The molecular formula is C16H18N4O4. The predicted molar refractivity (Wildman–Crippen MR) is 82.8 cm³/mol. The van der Waals surface area contributed by atoms with Gasteiger partial charge in [-0.15, -0.1) is 0 Å². The highest BCUT2D eigenvalue weighted by molar-refractivity contribution is 5.78. The Hall–Kier alpha value is -2.77. The molecule has 0 aromatic carbocycles. The van der Waals surface area contributed by atoms with Crippen molar-refractivity contribution in [2.24, 2.45) is 5.92 Å². The van der Waals surface area contributed by atoms with Gasteiger partial charge in [0, 0.05) is 32.1 Å². The van der Waals surface area contributed by atoms with E-state index in [-0.39, 0.29) is 18.9 Å². The third-order valence-electron chi connectivity index (χ3n) is 4.04. The number of likely N-dealkylation sites (tertiary alicyclic amines) is 1. The van der Waals surface area contributed by atoms with Gasteiger partial charge in [0.05, 0.1) is 5.92 Å². The second-order valence-corrected chi connectivity index (χ2v) is 5.74. The zero-order valence-electron chi connectivity index (χ0n) is 13.1. The number of hydrogen-bond donors (Lipinski definition) is 1. The Bertz CT molecular complexity index is 716. The van der Waals surface area contributed by atoms with Crippen LogP contribution in [0.3, 0.4) is 0 Å². The van der Waals surface area contributed by atoms with E-state index in [2.05, 4.69) is 15.1 Å². The zero-order valence-corrected chi connectivity index (χ0v) is 13.1. The minimum atomic E-state index is -0.843. The molecule has 1 aliphatic rings. The predicted octanol–water partition coefficient (Wildman–Crippen LogP) is 1.39. The van der Waals surface area contributed by atoms with Gasteiger partial charge in [-0.3, -0.25) is 14.6 Å². The van der Waals surface area contributed by atoms with Crippen molar-refractivity contribution in [3.05, 3.63) is 30.3 Å². The van der Waals surface area contributed by atoms with E-state index in [9.17, 15) is 9.59 Å². The first-order valence-electron chi connectivity index (χ1n) is 7.88. The summed E-state index contributed by atoms with van der Waals surface area (Å²) >= 11 is 0. The minimum Gasteiger partial charge on any atom is -0.481 e. The Morgan fingerprint density at radius 1 is 1.38 bits per heavy atom. The summed E-state index contributed by atoms with van der Waals surface area (Å²) in [4.78, 5) is 33.3. The highest BCUT2D eigenvalue weighted by Crippen LogP contribution is 2.18. The van der Waals surface area contributed by atoms with E-state index in [1.807, 2.05) is 6.07 Å². The van der Waals surface area contributed by atoms with Crippen LogP contribution in [0.25, 0.3) is 11.5 Å². The smallest absolute Gasteiger partial charge is 0.308 e. The zero-order chi connectivity index (χ0) is 16.9. The number of nitrogens with zero attached hydrogens (tertiary/aromatic N) is 4. The van der Waals surface area contributed by atoms with E-state index >= 15 is 0 Å². The van der Waals surface area contributed by atoms with Crippen LogP contribution in [0, 0.1) is 5.92 Å². The lowest BCUT2D eigenvalue weighted by Gasteiger charge is -2.30. The summed E-state index contributed by atoms with van der Waals surface area (Å²) in [6, 6.07) is 5.41. The molecule has 0 saturated carbocycles. The van der Waals surface area contributed by atoms with E-state index in [1.165, 1.54) is 0 Å². The first-order chi connectivity index (χ1) is 11.6. The molecule has 0 radical (unpaired) electrons. The first-order valence-corrected chi connectivity index (χ1v) is 7.88. The van der Waals surface area contributed by atoms with Crippen molar-refractivity contribution in [2.75, 3.05) is 13.1 Å². The third-order valence-corrected chi connectivity index (χ3v) is 4.04. The average molecular weight is 330 g/mol. The normalized spacial score (nSPS) is 17.7. The molecule has 1 aliphatic heterocycles. The lowest BCUT2D eigenvalue weighted by Crippen LogP contribution is -2.42. The number of aryl methyl sites for hydroxylation is 1. The maximum atomic E-state index is 12.2. The van der Waals surface area contributed by atoms with Crippen LogP contribution in [0.15, 0.2) is 28.9 Å². The number of piperidine rings is 1. The van der Waals surface area contributed by atoms with Crippen molar-refractivity contribution in [3.63, 3.8) is 0 Å². The Balaban J connectivity index is 1.55. The second-order valence-electron chi connectivity index (χ2n) is 5.74. The summed E-state index contributed by atoms with van der Waals surface area (Å²) < 4.78 is 5.15. The van der Waals surface area contributed by atoms with Crippen molar-refractivity contribution in [3.8, 4) is 11.5 Å². The van der Waals surface area contributed by atoms with Gasteiger partial charge in [0.1, 0.15) is 5.69 Å². The largest absolute Gasteiger partial charge is 0.481 e. The number of hydrogen-bond acceptors (Lipinski definition) is 6. The molecule has 0 spiro atoms. The summed E-state index contributed by atoms with van der Waals surface area (Å²) in [6.07, 6.45) is 3.52. The molecular weight excluding hydrogens is 312 g/mol. The van der Waals surface area contributed by atoms with Gasteiger partial charge in [0.2, 0.25) is 17.6 Å².